The lowest BCUT2D eigenvalue weighted by molar-refractivity contribution is -0.318. The van der Waals surface area contributed by atoms with Gasteiger partial charge in [-0.05, 0) is 125 Å². The number of hydrogen-bond donors (Lipinski definition) is 7. The van der Waals surface area contributed by atoms with Gasteiger partial charge >= 0.3 is 5.97 Å². The first-order valence-corrected chi connectivity index (χ1v) is 26.7. The van der Waals surface area contributed by atoms with Crippen LogP contribution in [0.3, 0.4) is 0 Å². The number of halogens is 1. The molecule has 7 N–H and O–H groups in total. The monoisotopic (exact) mass is 1060 g/mol. The molecule has 0 spiro atoms. The molecule has 1 amide bonds. The summed E-state index contributed by atoms with van der Waals surface area (Å²) in [4.78, 5) is 36.6. The van der Waals surface area contributed by atoms with Crippen LogP contribution in [0.5, 0.6) is 0 Å². The highest BCUT2D eigenvalue weighted by Crippen LogP contribution is 2.40. The van der Waals surface area contributed by atoms with Crippen molar-refractivity contribution < 1.29 is 82.3 Å². The first-order chi connectivity index (χ1) is 34.1. The van der Waals surface area contributed by atoms with Crippen LogP contribution in [0.2, 0.25) is 0 Å². The first kappa shape index (κ1) is 63.4. The summed E-state index contributed by atoms with van der Waals surface area (Å²) in [6, 6.07) is 4.37. The van der Waals surface area contributed by atoms with Crippen LogP contribution in [0, 0.1) is 17.8 Å². The predicted octanol–water partition coefficient (Wildman–Crippen LogP) is 4.21. The minimum Gasteiger partial charge on any atom is -0.459 e. The van der Waals surface area contributed by atoms with Crippen molar-refractivity contribution in [3.8, 4) is 0 Å². The van der Waals surface area contributed by atoms with Gasteiger partial charge in [-0.2, -0.15) is 4.33 Å². The minimum absolute atomic E-state index is 0.0744. The molecule has 20 atom stereocenters. The molecule has 3 saturated heterocycles. The highest BCUT2D eigenvalue weighted by Gasteiger charge is 2.53. The van der Waals surface area contributed by atoms with Crippen LogP contribution in [0.25, 0.3) is 0 Å². The van der Waals surface area contributed by atoms with Gasteiger partial charge < -0.3 is 74.2 Å². The van der Waals surface area contributed by atoms with Crippen molar-refractivity contribution in [3.05, 3.63) is 29.8 Å². The van der Waals surface area contributed by atoms with Crippen LogP contribution in [0.1, 0.15) is 126 Å². The van der Waals surface area contributed by atoms with Gasteiger partial charge in [0.1, 0.15) is 42.8 Å². The molecule has 4 rings (SSSR count). The summed E-state index contributed by atoms with van der Waals surface area (Å²) in [6.45, 7) is 17.2. The molecular weight excluding hydrogens is 974 g/mol. The third-order valence-corrected chi connectivity index (χ3v) is 16.3. The summed E-state index contributed by atoms with van der Waals surface area (Å²) in [7, 11) is 6.53. The number of hydrogen-bond acceptors (Lipinski definition) is 19. The van der Waals surface area contributed by atoms with Gasteiger partial charge in [-0.25, -0.2) is 9.28 Å². The maximum absolute atomic E-state index is 14.5. The van der Waals surface area contributed by atoms with Gasteiger partial charge in [0.2, 0.25) is 5.91 Å². The zero-order valence-electron chi connectivity index (χ0n) is 45.6. The molecule has 0 saturated carbocycles. The Kier molecular flexibility index (Phi) is 24.3. The Morgan fingerprint density at radius 2 is 1.64 bits per heavy atom. The second kappa shape index (κ2) is 27.9. The fourth-order valence-electron chi connectivity index (χ4n) is 11.0. The summed E-state index contributed by atoms with van der Waals surface area (Å²) in [6.07, 6.45) is -9.81. The van der Waals surface area contributed by atoms with Crippen molar-refractivity contribution >= 4 is 23.9 Å². The molecule has 3 heterocycles. The maximum atomic E-state index is 14.5. The third-order valence-electron chi connectivity index (χ3n) is 15.6. The van der Waals surface area contributed by atoms with E-state index in [-0.39, 0.29) is 31.6 Å². The second-order valence-corrected chi connectivity index (χ2v) is 22.6. The van der Waals surface area contributed by atoms with Gasteiger partial charge in [0.15, 0.2) is 12.6 Å². The van der Waals surface area contributed by atoms with Crippen LogP contribution in [0.15, 0.2) is 29.2 Å². The predicted molar refractivity (Wildman–Crippen MR) is 270 cm³/mol. The molecule has 21 heteroatoms. The van der Waals surface area contributed by atoms with Crippen molar-refractivity contribution in [3.63, 3.8) is 0 Å². The number of cyclic esters (lactones) is 1. The number of benzene rings is 1. The SMILES string of the molecule is CC[C@H]1OC(=O)[C@H](C)[C@@H](O[C@H]2C[C@@](C)(OC)[C@@H](O)[C@H](C)O2)[C@H](C)[C@@H](O[C@@H]2O[C@H](C)C[C@H](N(C)CCCCC(=O)N[C@H](CF)[C@H](O)c3ccc(SOOC)cc3)[C@H]2O)[C@](C)(O)C[C@@H](C)CN(C)[C@H](C)[C@@H](O)[C@]1(C)O. The molecule has 0 bridgehead atoms. The quantitative estimate of drug-likeness (QED) is 0.0337. The summed E-state index contributed by atoms with van der Waals surface area (Å²) < 4.78 is 57.1. The number of nitrogens with one attached hydrogen (secondary N) is 1. The van der Waals surface area contributed by atoms with E-state index in [9.17, 15) is 44.6 Å². The number of carbonyl (C=O) groups excluding carboxylic acids is 2. The van der Waals surface area contributed by atoms with Crippen molar-refractivity contribution in [1.29, 1.82) is 0 Å². The van der Waals surface area contributed by atoms with Crippen molar-refractivity contribution in [2.45, 2.75) is 222 Å². The number of methoxy groups -OCH3 is 1. The Labute approximate surface area is 437 Å². The largest absolute Gasteiger partial charge is 0.459 e. The Morgan fingerprint density at radius 3 is 2.25 bits per heavy atom. The fourth-order valence-corrected chi connectivity index (χ4v) is 11.4. The molecule has 0 aliphatic carbocycles. The fraction of sp³-hybridized carbons (Fsp3) is 0.846. The molecule has 1 aromatic rings. The van der Waals surface area contributed by atoms with Crippen LogP contribution < -0.4 is 5.32 Å². The number of aliphatic hydroxyl groups excluding tert-OH is 4. The average molecular weight is 1060 g/mol. The molecule has 0 aromatic heterocycles. The number of amides is 1. The first-order valence-electron chi connectivity index (χ1n) is 25.9. The zero-order chi connectivity index (χ0) is 54.7. The van der Waals surface area contributed by atoms with E-state index in [1.54, 1.807) is 72.7 Å². The molecule has 1 aromatic carbocycles. The lowest BCUT2D eigenvalue weighted by Gasteiger charge is -2.49. The highest BCUT2D eigenvalue weighted by molar-refractivity contribution is 7.94. The van der Waals surface area contributed by atoms with E-state index in [1.807, 2.05) is 37.7 Å². The lowest BCUT2D eigenvalue weighted by atomic mass is 9.77. The number of unbranched alkanes of at least 4 members (excludes halogenated alkanes) is 1. The Balaban J connectivity index is 1.58. The number of aliphatic hydroxyl groups is 6. The van der Waals surface area contributed by atoms with E-state index in [0.717, 1.165) is 12.0 Å². The number of carbonyl (C=O) groups is 2. The average Bonchev–Trinajstić information content (AvgIpc) is 3.34. The summed E-state index contributed by atoms with van der Waals surface area (Å²) in [5.74, 6) is -3.33. The van der Waals surface area contributed by atoms with Gasteiger partial charge in [0, 0.05) is 49.4 Å². The second-order valence-electron chi connectivity index (χ2n) is 21.8. The molecule has 19 nitrogen and oxygen atoms in total. The molecule has 0 radical (unpaired) electrons. The highest BCUT2D eigenvalue weighted by atomic mass is 32.2. The third kappa shape index (κ3) is 16.4. The Hall–Kier alpha value is -2.16. The smallest absolute Gasteiger partial charge is 0.311 e. The molecular formula is C52H90FN3O16S. The van der Waals surface area contributed by atoms with E-state index in [1.165, 1.54) is 21.1 Å². The standard InChI is InChI=1S/C52H90FN3O16S/c1-15-39-52(10,64)45(60)33(6)56(12)28-29(2)25-50(8,63)47(31(4)44(32(5)48(62)69-39)70-41-26-51(9,65-13)46(61)34(7)68-41)71-49-43(59)38(24-30(3)67-49)55(11)23-17-16-18-40(57)54-37(27-53)42(58)35-19-21-36(22-20-35)73-72-66-14/h19-22,29-34,37-39,41-47,49,58-61,63-64H,15-18,23-28H2,1-14H3,(H,54,57)/t29-,30-,31+,32-,33-,34+,37-,38+,39-,41+,42-,43-,44+,45-,46+,47-,49+,50-,51-,52-/m1/s1. The number of nitrogens with zero attached hydrogens (tertiary/aromatic N) is 2. The lowest BCUT2D eigenvalue weighted by Crippen LogP contribution is -2.60. The summed E-state index contributed by atoms with van der Waals surface area (Å²) in [5.41, 5.74) is -4.19. The normalized spacial score (nSPS) is 39.5. The van der Waals surface area contributed by atoms with Crippen LogP contribution >= 0.6 is 12.0 Å². The van der Waals surface area contributed by atoms with Crippen molar-refractivity contribution in [2.24, 2.45) is 17.8 Å². The van der Waals surface area contributed by atoms with Gasteiger partial charge in [-0.15, -0.1) is 0 Å². The maximum Gasteiger partial charge on any atom is 0.311 e. The Bertz CT molecular complexity index is 1840. The van der Waals surface area contributed by atoms with E-state index < -0.39 is 133 Å². The van der Waals surface area contributed by atoms with E-state index in [2.05, 4.69) is 10.2 Å². The zero-order valence-corrected chi connectivity index (χ0v) is 46.5. The van der Waals surface area contributed by atoms with Crippen molar-refractivity contribution in [2.75, 3.05) is 48.1 Å². The molecule has 3 fully saturated rings. The van der Waals surface area contributed by atoms with Gasteiger partial charge in [0.05, 0.1) is 66.7 Å². The number of rotatable bonds is 19. The van der Waals surface area contributed by atoms with Gasteiger partial charge in [-0.3, -0.25) is 9.59 Å². The van der Waals surface area contributed by atoms with E-state index in [0.29, 0.717) is 42.8 Å². The van der Waals surface area contributed by atoms with Crippen molar-refractivity contribution in [1.82, 2.24) is 15.1 Å². The summed E-state index contributed by atoms with van der Waals surface area (Å²) >= 11 is 0.978. The molecule has 3 aliphatic heterocycles. The van der Waals surface area contributed by atoms with Crippen LogP contribution in [0.4, 0.5) is 4.39 Å². The number of ether oxygens (including phenoxy) is 6. The number of likely N-dealkylation sites (N-methyl/N-ethyl adjacent to an activating group) is 2. The minimum atomic E-state index is -1.86. The topological polar surface area (TPSA) is 248 Å². The van der Waals surface area contributed by atoms with Gasteiger partial charge in [-0.1, -0.05) is 32.9 Å². The Morgan fingerprint density at radius 1 is 0.986 bits per heavy atom. The molecule has 0 unspecified atom stereocenters. The van der Waals surface area contributed by atoms with Crippen LogP contribution in [-0.4, -0.2) is 197 Å². The van der Waals surface area contributed by atoms with Gasteiger partial charge in [0.25, 0.3) is 0 Å². The van der Waals surface area contributed by atoms with E-state index in [4.69, 9.17) is 32.8 Å². The number of esters is 1. The summed E-state index contributed by atoms with van der Waals surface area (Å²) in [5, 5.41) is 73.0. The number of alkyl halides is 1. The van der Waals surface area contributed by atoms with E-state index >= 15 is 0 Å². The molecule has 3 aliphatic rings. The molecule has 73 heavy (non-hydrogen) atoms. The molecule has 422 valence electrons. The van der Waals surface area contributed by atoms with Crippen LogP contribution in [-0.2, 0) is 47.2 Å².